The molecule has 2 amide bonds. The molecule has 1 fully saturated rings. The molecule has 1 atom stereocenters. The van der Waals surface area contributed by atoms with Crippen LogP contribution in [-0.2, 0) is 9.53 Å². The Bertz CT molecular complexity index is 755. The van der Waals surface area contributed by atoms with Crippen molar-refractivity contribution >= 4 is 29.3 Å². The Hall–Kier alpha value is -2.46. The van der Waals surface area contributed by atoms with Gasteiger partial charge in [0.25, 0.3) is 0 Å². The van der Waals surface area contributed by atoms with Gasteiger partial charge >= 0.3 is 6.09 Å². The number of nitrogens with one attached hydrogen (secondary N) is 2. The second kappa shape index (κ2) is 9.65. The van der Waals surface area contributed by atoms with E-state index in [1.165, 1.54) is 0 Å². The van der Waals surface area contributed by atoms with Crippen molar-refractivity contribution in [2.45, 2.75) is 39.2 Å². The van der Waals surface area contributed by atoms with Gasteiger partial charge in [-0.05, 0) is 51.8 Å². The molecule has 0 radical (unpaired) electrons. The van der Waals surface area contributed by atoms with Crippen molar-refractivity contribution in [3.05, 3.63) is 28.8 Å². The molecule has 152 valence electrons. The number of benzene rings is 1. The van der Waals surface area contributed by atoms with Crippen LogP contribution in [-0.4, -0.2) is 43.8 Å². The maximum Gasteiger partial charge on any atom is 0.407 e. The first-order chi connectivity index (χ1) is 13.2. The van der Waals surface area contributed by atoms with Gasteiger partial charge in [-0.25, -0.2) is 4.79 Å². The summed E-state index contributed by atoms with van der Waals surface area (Å²) >= 11 is 6.12. The van der Waals surface area contributed by atoms with Crippen molar-refractivity contribution in [3.8, 4) is 6.07 Å². The van der Waals surface area contributed by atoms with E-state index in [1.807, 2.05) is 12.1 Å². The average molecular weight is 407 g/mol. The number of anilines is 1. The Morgan fingerprint density at radius 1 is 1.32 bits per heavy atom. The van der Waals surface area contributed by atoms with Gasteiger partial charge < -0.3 is 20.3 Å². The Morgan fingerprint density at radius 2 is 2.04 bits per heavy atom. The van der Waals surface area contributed by atoms with E-state index in [1.54, 1.807) is 32.9 Å². The zero-order valence-electron chi connectivity index (χ0n) is 16.5. The molecule has 1 saturated heterocycles. The molecule has 7 nitrogen and oxygen atoms in total. The number of alkyl carbamates (subject to hydrolysis) is 1. The fraction of sp³-hybridized carbons (Fsp3) is 0.550. The third-order valence-corrected chi connectivity index (χ3v) is 4.64. The molecular formula is C20H27ClN4O3. The molecule has 1 heterocycles. The van der Waals surface area contributed by atoms with Crippen molar-refractivity contribution in [2.75, 3.05) is 31.1 Å². The fourth-order valence-electron chi connectivity index (χ4n) is 3.03. The predicted octanol–water partition coefficient (Wildman–Crippen LogP) is 3.07. The molecule has 0 spiro atoms. The van der Waals surface area contributed by atoms with Gasteiger partial charge in [0.1, 0.15) is 11.7 Å². The first-order valence-corrected chi connectivity index (χ1v) is 9.76. The average Bonchev–Trinajstić information content (AvgIpc) is 2.63. The van der Waals surface area contributed by atoms with Crippen LogP contribution in [0.3, 0.4) is 0 Å². The molecule has 1 unspecified atom stereocenters. The van der Waals surface area contributed by atoms with Crippen molar-refractivity contribution in [3.63, 3.8) is 0 Å². The summed E-state index contributed by atoms with van der Waals surface area (Å²) in [6, 6.07) is 7.37. The largest absolute Gasteiger partial charge is 0.444 e. The first kappa shape index (κ1) is 21.8. The second-order valence-electron chi connectivity index (χ2n) is 7.78. The number of rotatable bonds is 5. The lowest BCUT2D eigenvalue weighted by molar-refractivity contribution is -0.125. The molecule has 0 saturated carbocycles. The number of nitriles is 1. The summed E-state index contributed by atoms with van der Waals surface area (Å²) in [6.07, 6.45) is 1.21. The lowest BCUT2D eigenvalue weighted by Crippen LogP contribution is -2.45. The highest BCUT2D eigenvalue weighted by Gasteiger charge is 2.26. The van der Waals surface area contributed by atoms with Crippen molar-refractivity contribution in [2.24, 2.45) is 5.92 Å². The molecule has 0 bridgehead atoms. The van der Waals surface area contributed by atoms with Gasteiger partial charge in [-0.15, -0.1) is 0 Å². The summed E-state index contributed by atoms with van der Waals surface area (Å²) in [7, 11) is 0. The third-order valence-electron chi connectivity index (χ3n) is 4.32. The number of ether oxygens (including phenoxy) is 1. The van der Waals surface area contributed by atoms with Crippen LogP contribution in [0, 0.1) is 17.2 Å². The van der Waals surface area contributed by atoms with Gasteiger partial charge in [-0.2, -0.15) is 5.26 Å². The zero-order valence-corrected chi connectivity index (χ0v) is 17.3. The quantitative estimate of drug-likeness (QED) is 0.733. The molecule has 2 rings (SSSR count). The number of piperidine rings is 1. The number of hydrogen-bond donors (Lipinski definition) is 2. The number of nitrogens with zero attached hydrogens (tertiary/aromatic N) is 2. The van der Waals surface area contributed by atoms with Crippen LogP contribution in [0.15, 0.2) is 18.2 Å². The maximum absolute atomic E-state index is 12.5. The molecule has 1 aliphatic rings. The lowest BCUT2D eigenvalue weighted by atomic mass is 9.96. The van der Waals surface area contributed by atoms with Gasteiger partial charge in [-0.3, -0.25) is 4.79 Å². The Kier molecular flexibility index (Phi) is 7.53. The molecule has 1 aromatic rings. The summed E-state index contributed by atoms with van der Waals surface area (Å²) in [4.78, 5) is 26.2. The topological polar surface area (TPSA) is 94.5 Å². The summed E-state index contributed by atoms with van der Waals surface area (Å²) in [5.74, 6) is -0.167. The number of carbonyl (C=O) groups excluding carboxylic acids is 2. The summed E-state index contributed by atoms with van der Waals surface area (Å²) in [5.41, 5.74) is 0.801. The van der Waals surface area contributed by atoms with Crippen molar-refractivity contribution in [1.29, 1.82) is 5.26 Å². The monoisotopic (exact) mass is 406 g/mol. The minimum absolute atomic E-state index is 0.0320. The van der Waals surface area contributed by atoms with Crippen LogP contribution < -0.4 is 15.5 Å². The molecule has 8 heteroatoms. The summed E-state index contributed by atoms with van der Waals surface area (Å²) in [5, 5.41) is 14.9. The van der Waals surface area contributed by atoms with Gasteiger partial charge in [0, 0.05) is 31.9 Å². The molecule has 28 heavy (non-hydrogen) atoms. The van der Waals surface area contributed by atoms with Crippen LogP contribution in [0.5, 0.6) is 0 Å². The normalized spacial score (nSPS) is 16.8. The van der Waals surface area contributed by atoms with E-state index in [9.17, 15) is 9.59 Å². The van der Waals surface area contributed by atoms with Crippen LogP contribution >= 0.6 is 11.6 Å². The maximum atomic E-state index is 12.5. The van der Waals surface area contributed by atoms with E-state index in [0.717, 1.165) is 25.1 Å². The van der Waals surface area contributed by atoms with E-state index in [-0.39, 0.29) is 11.8 Å². The van der Waals surface area contributed by atoms with Crippen molar-refractivity contribution in [1.82, 2.24) is 10.6 Å². The third kappa shape index (κ3) is 6.61. The lowest BCUT2D eigenvalue weighted by Gasteiger charge is -2.34. The van der Waals surface area contributed by atoms with E-state index in [2.05, 4.69) is 15.5 Å². The smallest absolute Gasteiger partial charge is 0.407 e. The fourth-order valence-corrected chi connectivity index (χ4v) is 3.24. The van der Waals surface area contributed by atoms with Gasteiger partial charge in [0.15, 0.2) is 0 Å². The van der Waals surface area contributed by atoms with Crippen LogP contribution in [0.1, 0.15) is 39.2 Å². The highest BCUT2D eigenvalue weighted by molar-refractivity contribution is 6.32. The number of amides is 2. The van der Waals surface area contributed by atoms with Gasteiger partial charge in [-0.1, -0.05) is 11.6 Å². The standard InChI is InChI=1S/C20H27ClN4O3/c1-20(2,3)28-19(27)24-9-8-23-18(26)15-5-4-10-25(13-15)16-7-6-14(12-22)17(21)11-16/h6-7,11,15H,4-5,8-10,13H2,1-3H3,(H,23,26)(H,24,27). The molecule has 0 aromatic heterocycles. The van der Waals surface area contributed by atoms with E-state index in [0.29, 0.717) is 30.2 Å². The highest BCUT2D eigenvalue weighted by atomic mass is 35.5. The summed E-state index contributed by atoms with van der Waals surface area (Å²) in [6.45, 7) is 7.47. The van der Waals surface area contributed by atoms with E-state index < -0.39 is 11.7 Å². The van der Waals surface area contributed by atoms with Crippen LogP contribution in [0.2, 0.25) is 5.02 Å². The van der Waals surface area contributed by atoms with Gasteiger partial charge in [0.05, 0.1) is 16.5 Å². The van der Waals surface area contributed by atoms with E-state index >= 15 is 0 Å². The Morgan fingerprint density at radius 3 is 2.68 bits per heavy atom. The molecular weight excluding hydrogens is 380 g/mol. The van der Waals surface area contributed by atoms with Gasteiger partial charge in [0.2, 0.25) is 5.91 Å². The number of hydrogen-bond acceptors (Lipinski definition) is 5. The highest BCUT2D eigenvalue weighted by Crippen LogP contribution is 2.27. The zero-order chi connectivity index (χ0) is 20.7. The molecule has 2 N–H and O–H groups in total. The first-order valence-electron chi connectivity index (χ1n) is 9.39. The van der Waals surface area contributed by atoms with E-state index in [4.69, 9.17) is 21.6 Å². The molecule has 1 aliphatic heterocycles. The van der Waals surface area contributed by atoms with Crippen LogP contribution in [0.25, 0.3) is 0 Å². The second-order valence-corrected chi connectivity index (χ2v) is 8.19. The summed E-state index contributed by atoms with van der Waals surface area (Å²) < 4.78 is 5.15. The SMILES string of the molecule is CC(C)(C)OC(=O)NCCNC(=O)C1CCCN(c2ccc(C#N)c(Cl)c2)C1. The van der Waals surface area contributed by atoms with Crippen molar-refractivity contribution < 1.29 is 14.3 Å². The molecule has 0 aliphatic carbocycles. The predicted molar refractivity (Wildman–Crippen MR) is 108 cm³/mol. The molecule has 1 aromatic carbocycles. The Labute approximate surface area is 171 Å². The minimum atomic E-state index is -0.548. The Balaban J connectivity index is 1.80. The number of halogens is 1. The minimum Gasteiger partial charge on any atom is -0.444 e. The van der Waals surface area contributed by atoms with Crippen LogP contribution in [0.4, 0.5) is 10.5 Å². The number of carbonyl (C=O) groups is 2.